The quantitative estimate of drug-likeness (QED) is 0.175. The minimum atomic E-state index is 0.197. The molecule has 0 N–H and O–H groups in total. The van der Waals surface area contributed by atoms with E-state index < -0.39 is 0 Å². The summed E-state index contributed by atoms with van der Waals surface area (Å²) in [4.78, 5) is 21.8. The van der Waals surface area contributed by atoms with E-state index in [1.54, 1.807) is 0 Å². The Kier molecular flexibility index (Phi) is 8.87. The van der Waals surface area contributed by atoms with Crippen molar-refractivity contribution in [2.75, 3.05) is 0 Å². The average molecular weight is 789 g/mol. The van der Waals surface area contributed by atoms with Crippen LogP contribution in [0.25, 0.3) is 44.7 Å². The van der Waals surface area contributed by atoms with Crippen LogP contribution in [0.4, 0.5) is 5.69 Å². The van der Waals surface area contributed by atoms with Gasteiger partial charge in [-0.1, -0.05) is 159 Å². The van der Waals surface area contributed by atoms with Crippen molar-refractivity contribution in [2.45, 2.75) is 69.1 Å². The number of rotatable bonds is 5. The monoisotopic (exact) mass is 788 g/mol. The lowest BCUT2D eigenvalue weighted by Gasteiger charge is -2.45. The predicted octanol–water partition coefficient (Wildman–Crippen LogP) is 13.8. The van der Waals surface area contributed by atoms with E-state index in [2.05, 4.69) is 171 Å². The second-order valence-electron chi connectivity index (χ2n) is 18.1. The molecule has 1 saturated carbocycles. The maximum atomic E-state index is 5.74. The van der Waals surface area contributed by atoms with Gasteiger partial charge in [0, 0.05) is 40.5 Å². The summed E-state index contributed by atoms with van der Waals surface area (Å²) in [6, 6.07) is 60.1. The molecule has 4 nitrogen and oxygen atoms in total. The van der Waals surface area contributed by atoms with Gasteiger partial charge in [0.25, 0.3) is 0 Å². The number of nitrogens with zero attached hydrogens (tertiary/aromatic N) is 4. The first-order valence-electron chi connectivity index (χ1n) is 22.4. The fraction of sp³-hybridized carbons (Fsp3) is 0.228. The molecule has 0 spiro atoms. The largest absolute Gasteiger partial charge is 0.257 e. The SMILES string of the molecule is CC1Cc2ccccc2C2C(C3CCCC(c4nc(-c5ccccc5)nc(-c5cccc(C6Cc7ccccc7-c7ccccc76)c5)n4)C3)=Nc3cc4ccccc4cc3C12. The molecule has 4 aliphatic rings. The van der Waals surface area contributed by atoms with Gasteiger partial charge in [0.05, 0.1) is 5.69 Å². The van der Waals surface area contributed by atoms with Crippen LogP contribution in [-0.2, 0) is 12.8 Å². The fourth-order valence-electron chi connectivity index (χ4n) is 11.7. The molecule has 6 atom stereocenters. The van der Waals surface area contributed by atoms with Crippen molar-refractivity contribution in [3.05, 3.63) is 203 Å². The molecule has 0 bridgehead atoms. The summed E-state index contributed by atoms with van der Waals surface area (Å²) in [5, 5.41) is 2.57. The molecular formula is C57H48N4. The van der Waals surface area contributed by atoms with E-state index in [1.807, 2.05) is 0 Å². The van der Waals surface area contributed by atoms with Crippen molar-refractivity contribution in [2.24, 2.45) is 16.8 Å². The zero-order valence-electron chi connectivity index (χ0n) is 34.6. The van der Waals surface area contributed by atoms with Gasteiger partial charge in [-0.05, 0) is 117 Å². The van der Waals surface area contributed by atoms with Crippen LogP contribution in [0.15, 0.2) is 169 Å². The number of fused-ring (bicyclic) bond motifs is 9. The summed E-state index contributed by atoms with van der Waals surface area (Å²) in [6.07, 6.45) is 6.36. The van der Waals surface area contributed by atoms with E-state index in [1.165, 1.54) is 66.7 Å². The molecule has 8 aromatic rings. The highest BCUT2D eigenvalue weighted by atomic mass is 15.0. The Labute approximate surface area is 358 Å². The third-order valence-corrected chi connectivity index (χ3v) is 14.5. The Bertz CT molecular complexity index is 3000. The van der Waals surface area contributed by atoms with Crippen LogP contribution in [0.2, 0.25) is 0 Å². The molecule has 296 valence electrons. The Morgan fingerprint density at radius 1 is 0.508 bits per heavy atom. The Morgan fingerprint density at radius 3 is 2.03 bits per heavy atom. The molecule has 0 radical (unpaired) electrons. The van der Waals surface area contributed by atoms with E-state index in [0.717, 1.165) is 67.1 Å². The molecular weight excluding hydrogens is 741 g/mol. The first-order valence-corrected chi connectivity index (χ1v) is 22.4. The van der Waals surface area contributed by atoms with Gasteiger partial charge >= 0.3 is 0 Å². The van der Waals surface area contributed by atoms with Gasteiger partial charge in [-0.15, -0.1) is 0 Å². The molecule has 4 heteroatoms. The molecule has 2 heterocycles. The Morgan fingerprint density at radius 2 is 1.18 bits per heavy atom. The standard InChI is InChI=1S/C57H48N4/c1-35-29-39-19-8-10-26-46(39)53-52(35)50-32-37-17-5-6-18-38(37)34-51(50)58-54(53)42-22-14-24-44(31-42)57-60-55(36-15-3-2-4-16-36)59-56(61-57)43-23-13-21-40(30-43)49-33-41-20-7-9-25-45(41)47-27-11-12-28-48(47)49/h2-13,15-21,23,25-28,30,32,34-35,42,44,49,52-53H,14,22,24,29,31,33H2,1H3. The van der Waals surface area contributed by atoms with Crippen molar-refractivity contribution in [1.82, 2.24) is 15.0 Å². The van der Waals surface area contributed by atoms with Crippen molar-refractivity contribution in [3.8, 4) is 33.9 Å². The van der Waals surface area contributed by atoms with Gasteiger partial charge in [-0.2, -0.15) is 0 Å². The number of aliphatic imine (C=N–C) groups is 1. The number of hydrogen-bond donors (Lipinski definition) is 0. The molecule has 61 heavy (non-hydrogen) atoms. The van der Waals surface area contributed by atoms with Crippen LogP contribution in [-0.4, -0.2) is 20.7 Å². The van der Waals surface area contributed by atoms with Crippen LogP contribution in [0, 0.1) is 11.8 Å². The summed E-state index contributed by atoms with van der Waals surface area (Å²) >= 11 is 0. The third-order valence-electron chi connectivity index (χ3n) is 14.5. The molecule has 1 aromatic heterocycles. The van der Waals surface area contributed by atoms with Crippen molar-refractivity contribution in [3.63, 3.8) is 0 Å². The first kappa shape index (κ1) is 36.3. The van der Waals surface area contributed by atoms with Crippen LogP contribution >= 0.6 is 0 Å². The highest BCUT2D eigenvalue weighted by molar-refractivity contribution is 6.00. The predicted molar refractivity (Wildman–Crippen MR) is 249 cm³/mol. The fourth-order valence-corrected chi connectivity index (χ4v) is 11.7. The van der Waals surface area contributed by atoms with Gasteiger partial charge in [0.15, 0.2) is 11.6 Å². The Balaban J connectivity index is 0.940. The number of hydrogen-bond acceptors (Lipinski definition) is 4. The van der Waals surface area contributed by atoms with E-state index in [0.29, 0.717) is 17.8 Å². The second kappa shape index (κ2) is 14.9. The highest BCUT2D eigenvalue weighted by Crippen LogP contribution is 2.55. The van der Waals surface area contributed by atoms with E-state index >= 15 is 0 Å². The lowest BCUT2D eigenvalue weighted by atomic mass is 9.60. The van der Waals surface area contributed by atoms with Crippen LogP contribution in [0.5, 0.6) is 0 Å². The normalized spacial score (nSPS) is 22.5. The molecule has 1 aliphatic heterocycles. The van der Waals surface area contributed by atoms with Crippen LogP contribution in [0.3, 0.4) is 0 Å². The lowest BCUT2D eigenvalue weighted by molar-refractivity contribution is 0.353. The summed E-state index contributed by atoms with van der Waals surface area (Å²) in [5.74, 6) is 4.36. The molecule has 12 rings (SSSR count). The highest BCUT2D eigenvalue weighted by Gasteiger charge is 2.45. The van der Waals surface area contributed by atoms with E-state index in [-0.39, 0.29) is 17.8 Å². The summed E-state index contributed by atoms with van der Waals surface area (Å²) in [6.45, 7) is 2.47. The molecule has 0 saturated heterocycles. The maximum absolute atomic E-state index is 5.74. The van der Waals surface area contributed by atoms with Crippen molar-refractivity contribution in [1.29, 1.82) is 0 Å². The zero-order valence-corrected chi connectivity index (χ0v) is 34.6. The van der Waals surface area contributed by atoms with Gasteiger partial charge in [0.1, 0.15) is 5.82 Å². The maximum Gasteiger partial charge on any atom is 0.163 e. The summed E-state index contributed by atoms with van der Waals surface area (Å²) in [7, 11) is 0. The van der Waals surface area contributed by atoms with E-state index in [9.17, 15) is 0 Å². The molecule has 6 unspecified atom stereocenters. The van der Waals surface area contributed by atoms with Gasteiger partial charge in [-0.3, -0.25) is 4.99 Å². The topological polar surface area (TPSA) is 51.0 Å². The smallest absolute Gasteiger partial charge is 0.163 e. The minimum Gasteiger partial charge on any atom is -0.257 e. The van der Waals surface area contributed by atoms with Gasteiger partial charge < -0.3 is 0 Å². The van der Waals surface area contributed by atoms with Crippen molar-refractivity contribution >= 4 is 22.2 Å². The first-order chi connectivity index (χ1) is 30.1. The van der Waals surface area contributed by atoms with Gasteiger partial charge in [-0.25, -0.2) is 15.0 Å². The van der Waals surface area contributed by atoms with Crippen LogP contribution < -0.4 is 0 Å². The molecule has 7 aromatic carbocycles. The molecule has 1 fully saturated rings. The molecule has 3 aliphatic carbocycles. The summed E-state index contributed by atoms with van der Waals surface area (Å²) in [5.41, 5.74) is 15.7. The lowest BCUT2D eigenvalue weighted by Crippen LogP contribution is -2.38. The van der Waals surface area contributed by atoms with E-state index in [4.69, 9.17) is 19.9 Å². The minimum absolute atomic E-state index is 0.197. The Hall–Kier alpha value is -6.52. The average Bonchev–Trinajstić information content (AvgIpc) is 3.33. The van der Waals surface area contributed by atoms with Gasteiger partial charge in [0.2, 0.25) is 0 Å². The second-order valence-corrected chi connectivity index (χ2v) is 18.1. The third kappa shape index (κ3) is 6.34. The molecule has 0 amide bonds. The summed E-state index contributed by atoms with van der Waals surface area (Å²) < 4.78 is 0. The number of benzene rings is 7. The van der Waals surface area contributed by atoms with Crippen molar-refractivity contribution < 1.29 is 0 Å². The number of aromatic nitrogens is 3. The zero-order chi connectivity index (χ0) is 40.4. The van der Waals surface area contributed by atoms with Crippen LogP contribution in [0.1, 0.15) is 95.5 Å².